The minimum atomic E-state index is 0.173. The normalized spacial score (nSPS) is 32.1. The topological polar surface area (TPSA) is 53.1 Å². The molecule has 2 saturated heterocycles. The second-order valence-corrected chi connectivity index (χ2v) is 6.40. The summed E-state index contributed by atoms with van der Waals surface area (Å²) in [5.74, 6) is 0.519. The number of nitrogens with zero attached hydrogens (tertiary/aromatic N) is 2. The Morgan fingerprint density at radius 2 is 2.33 bits per heavy atom. The quantitative estimate of drug-likeness (QED) is 0.927. The van der Waals surface area contributed by atoms with Gasteiger partial charge in [0.05, 0.1) is 28.1 Å². The number of aromatic nitrogens is 2. The Morgan fingerprint density at radius 1 is 1.56 bits per heavy atom. The molecular formula is C13H20BrN3O. The fourth-order valence-corrected chi connectivity index (χ4v) is 3.90. The van der Waals surface area contributed by atoms with Gasteiger partial charge in [-0.05, 0) is 42.1 Å². The van der Waals surface area contributed by atoms with Crippen molar-refractivity contribution in [3.8, 4) is 0 Å². The van der Waals surface area contributed by atoms with E-state index in [1.807, 2.05) is 18.7 Å². The van der Waals surface area contributed by atoms with Crippen molar-refractivity contribution in [2.75, 3.05) is 0 Å². The summed E-state index contributed by atoms with van der Waals surface area (Å²) in [6.07, 6.45) is 5.30. The third-order valence-electron chi connectivity index (χ3n) is 4.39. The van der Waals surface area contributed by atoms with Gasteiger partial charge in [-0.1, -0.05) is 0 Å². The zero-order valence-electron chi connectivity index (χ0n) is 10.9. The number of hydrogen-bond acceptors (Lipinski definition) is 3. The van der Waals surface area contributed by atoms with Crippen LogP contribution < -0.4 is 5.73 Å². The monoisotopic (exact) mass is 313 g/mol. The van der Waals surface area contributed by atoms with Gasteiger partial charge in [0, 0.05) is 25.4 Å². The van der Waals surface area contributed by atoms with E-state index < -0.39 is 0 Å². The van der Waals surface area contributed by atoms with Crippen molar-refractivity contribution in [3.63, 3.8) is 0 Å². The molecule has 0 aliphatic carbocycles. The lowest BCUT2D eigenvalue weighted by atomic mass is 9.82. The molecule has 1 aromatic heterocycles. The number of rotatable bonds is 3. The molecule has 2 N–H and O–H groups in total. The predicted molar refractivity (Wildman–Crippen MR) is 73.3 cm³/mol. The zero-order chi connectivity index (χ0) is 12.9. The van der Waals surface area contributed by atoms with Crippen molar-refractivity contribution >= 4 is 15.9 Å². The van der Waals surface area contributed by atoms with Gasteiger partial charge in [-0.25, -0.2) is 0 Å². The fourth-order valence-electron chi connectivity index (χ4n) is 3.40. The maximum absolute atomic E-state index is 6.40. The number of aryl methyl sites for hydroxylation is 2. The van der Waals surface area contributed by atoms with Gasteiger partial charge in [-0.15, -0.1) is 0 Å². The molecule has 18 heavy (non-hydrogen) atoms. The molecule has 0 spiro atoms. The van der Waals surface area contributed by atoms with Crippen molar-refractivity contribution < 1.29 is 4.74 Å². The van der Waals surface area contributed by atoms with Gasteiger partial charge in [-0.3, -0.25) is 4.68 Å². The van der Waals surface area contributed by atoms with Crippen LogP contribution in [-0.2, 0) is 18.2 Å². The molecule has 2 bridgehead atoms. The molecule has 3 rings (SSSR count). The number of halogens is 1. The number of hydrogen-bond donors (Lipinski definition) is 1. The van der Waals surface area contributed by atoms with E-state index in [9.17, 15) is 0 Å². The Labute approximate surface area is 116 Å². The molecule has 3 heterocycles. The maximum atomic E-state index is 6.40. The van der Waals surface area contributed by atoms with Crippen LogP contribution in [0.2, 0.25) is 0 Å². The average molecular weight is 314 g/mol. The molecule has 0 amide bonds. The van der Waals surface area contributed by atoms with Crippen LogP contribution >= 0.6 is 15.9 Å². The number of ether oxygens (including phenoxy) is 1. The molecule has 2 aliphatic heterocycles. The van der Waals surface area contributed by atoms with E-state index in [1.165, 1.54) is 18.5 Å². The van der Waals surface area contributed by atoms with Gasteiger partial charge >= 0.3 is 0 Å². The first-order valence-corrected chi connectivity index (χ1v) is 7.44. The first-order valence-electron chi connectivity index (χ1n) is 6.65. The molecule has 4 nitrogen and oxygen atoms in total. The van der Waals surface area contributed by atoms with Crippen LogP contribution in [0.15, 0.2) is 4.47 Å². The van der Waals surface area contributed by atoms with Crippen molar-refractivity contribution in [3.05, 3.63) is 15.9 Å². The molecule has 4 atom stereocenters. The maximum Gasteiger partial charge on any atom is 0.0738 e. The highest BCUT2D eigenvalue weighted by molar-refractivity contribution is 9.10. The molecule has 100 valence electrons. The van der Waals surface area contributed by atoms with E-state index in [4.69, 9.17) is 10.5 Å². The Bertz CT molecular complexity index is 459. The molecular weight excluding hydrogens is 294 g/mol. The van der Waals surface area contributed by atoms with Crippen molar-refractivity contribution in [2.45, 2.75) is 50.9 Å². The van der Waals surface area contributed by atoms with E-state index in [1.54, 1.807) is 0 Å². The van der Waals surface area contributed by atoms with Crippen LogP contribution in [-0.4, -0.2) is 28.0 Å². The largest absolute Gasteiger partial charge is 0.375 e. The molecule has 2 aliphatic rings. The van der Waals surface area contributed by atoms with Gasteiger partial charge in [0.25, 0.3) is 0 Å². The summed E-state index contributed by atoms with van der Waals surface area (Å²) in [4.78, 5) is 0. The van der Waals surface area contributed by atoms with Gasteiger partial charge in [0.15, 0.2) is 0 Å². The van der Waals surface area contributed by atoms with Crippen molar-refractivity contribution in [2.24, 2.45) is 18.7 Å². The van der Waals surface area contributed by atoms with Crippen molar-refractivity contribution in [1.29, 1.82) is 0 Å². The summed E-state index contributed by atoms with van der Waals surface area (Å²) < 4.78 is 8.93. The summed E-state index contributed by atoms with van der Waals surface area (Å²) in [6, 6.07) is 0.173. The Hall–Kier alpha value is -0.390. The van der Waals surface area contributed by atoms with Gasteiger partial charge in [0.1, 0.15) is 0 Å². The third-order valence-corrected chi connectivity index (χ3v) is 5.43. The summed E-state index contributed by atoms with van der Waals surface area (Å²) in [7, 11) is 1.98. The molecule has 0 radical (unpaired) electrons. The predicted octanol–water partition coefficient (Wildman–Crippen LogP) is 1.93. The highest BCUT2D eigenvalue weighted by Crippen LogP contribution is 2.40. The molecule has 0 saturated carbocycles. The minimum absolute atomic E-state index is 0.173. The van der Waals surface area contributed by atoms with E-state index in [0.717, 1.165) is 23.0 Å². The SMILES string of the molecule is Cc1nn(C)c(CC(N)C2CC3CCC2O3)c1Br. The smallest absolute Gasteiger partial charge is 0.0738 e. The second-order valence-electron chi connectivity index (χ2n) is 5.61. The van der Waals surface area contributed by atoms with Gasteiger partial charge in [0.2, 0.25) is 0 Å². The van der Waals surface area contributed by atoms with Crippen LogP contribution in [0.3, 0.4) is 0 Å². The van der Waals surface area contributed by atoms with Crippen LogP contribution in [0.25, 0.3) is 0 Å². The van der Waals surface area contributed by atoms with Crippen LogP contribution in [0.1, 0.15) is 30.7 Å². The Morgan fingerprint density at radius 3 is 2.83 bits per heavy atom. The van der Waals surface area contributed by atoms with Gasteiger partial charge < -0.3 is 10.5 Å². The van der Waals surface area contributed by atoms with Crippen LogP contribution in [0.4, 0.5) is 0 Å². The first-order chi connectivity index (χ1) is 8.56. The molecule has 1 aromatic rings. The lowest BCUT2D eigenvalue weighted by Gasteiger charge is -2.25. The van der Waals surface area contributed by atoms with E-state index in [0.29, 0.717) is 18.1 Å². The molecule has 0 aromatic carbocycles. The standard InChI is InChI=1S/C13H20BrN3O/c1-7-13(14)11(17(2)16-7)6-10(15)9-5-8-3-4-12(9)18-8/h8-10,12H,3-6,15H2,1-2H3. The number of nitrogens with two attached hydrogens (primary N) is 1. The summed E-state index contributed by atoms with van der Waals surface area (Å²) in [5.41, 5.74) is 8.63. The summed E-state index contributed by atoms with van der Waals surface area (Å²) in [5, 5.41) is 4.42. The third kappa shape index (κ3) is 2.02. The van der Waals surface area contributed by atoms with Crippen LogP contribution in [0.5, 0.6) is 0 Å². The lowest BCUT2D eigenvalue weighted by molar-refractivity contribution is 0.0884. The second kappa shape index (κ2) is 4.62. The zero-order valence-corrected chi connectivity index (χ0v) is 12.5. The van der Waals surface area contributed by atoms with Gasteiger partial charge in [-0.2, -0.15) is 5.10 Å². The highest BCUT2D eigenvalue weighted by Gasteiger charge is 2.43. The van der Waals surface area contributed by atoms with E-state index >= 15 is 0 Å². The Balaban J connectivity index is 1.72. The summed E-state index contributed by atoms with van der Waals surface area (Å²) >= 11 is 3.61. The summed E-state index contributed by atoms with van der Waals surface area (Å²) in [6.45, 7) is 2.01. The average Bonchev–Trinajstić information content (AvgIpc) is 3.00. The number of fused-ring (bicyclic) bond motifs is 2. The first kappa shape index (κ1) is 12.6. The molecule has 2 fully saturated rings. The lowest BCUT2D eigenvalue weighted by Crippen LogP contribution is -2.38. The van der Waals surface area contributed by atoms with Crippen molar-refractivity contribution in [1.82, 2.24) is 9.78 Å². The van der Waals surface area contributed by atoms with E-state index in [-0.39, 0.29) is 6.04 Å². The Kier molecular flexibility index (Phi) is 3.24. The van der Waals surface area contributed by atoms with Crippen LogP contribution in [0, 0.1) is 12.8 Å². The molecule has 4 unspecified atom stereocenters. The molecule has 5 heteroatoms. The van der Waals surface area contributed by atoms with E-state index in [2.05, 4.69) is 21.0 Å². The minimum Gasteiger partial charge on any atom is -0.375 e. The highest BCUT2D eigenvalue weighted by atomic mass is 79.9. The fraction of sp³-hybridized carbons (Fsp3) is 0.769.